The van der Waals surface area contributed by atoms with Crippen LogP contribution in [0.15, 0.2) is 59.1 Å². The summed E-state index contributed by atoms with van der Waals surface area (Å²) in [7, 11) is 3.70. The van der Waals surface area contributed by atoms with Gasteiger partial charge in [-0.15, -0.1) is 13.2 Å². The number of rotatable bonds is 8. The number of hydrogen-bond acceptors (Lipinski definition) is 6. The van der Waals surface area contributed by atoms with Crippen LogP contribution in [0.2, 0.25) is 0 Å². The van der Waals surface area contributed by atoms with Crippen molar-refractivity contribution in [3.8, 4) is 0 Å². The van der Waals surface area contributed by atoms with Gasteiger partial charge in [0.05, 0.1) is 32.3 Å². The Labute approximate surface area is 261 Å². The third-order valence-corrected chi connectivity index (χ3v) is 10.6. The van der Waals surface area contributed by atoms with E-state index in [4.69, 9.17) is 14.2 Å². The van der Waals surface area contributed by atoms with Crippen molar-refractivity contribution in [1.29, 1.82) is 0 Å². The van der Waals surface area contributed by atoms with Crippen LogP contribution in [0.25, 0.3) is 6.08 Å². The maximum absolute atomic E-state index is 13.8. The molecule has 244 valence electrons. The molecule has 6 rings (SSSR count). The normalized spacial score (nSPS) is 35.5. The van der Waals surface area contributed by atoms with Gasteiger partial charge in [-0.3, -0.25) is 9.59 Å². The molecule has 3 unspecified atom stereocenters. The van der Waals surface area contributed by atoms with Crippen LogP contribution >= 0.6 is 0 Å². The monoisotopic (exact) mass is 631 g/mol. The van der Waals surface area contributed by atoms with E-state index in [1.165, 1.54) is 20.1 Å². The molecular formula is C34H42F3N2O6+. The SMILES string of the molecule is COC1(NC(=O)C(=Cc2ccccc2)OC(F)(F)F)C=C(OC(C)=O)C2=C3C1O[C@H]1CCC[C@H]4[C@@H](C2)[N+](C)(CC(C)C)CC[C@]314. The zero-order chi connectivity index (χ0) is 32.4. The number of quaternary nitrogens is 1. The minimum absolute atomic E-state index is 0.163. The number of methoxy groups -OCH3 is 1. The number of piperidine rings is 1. The third-order valence-electron chi connectivity index (χ3n) is 10.6. The van der Waals surface area contributed by atoms with E-state index in [1.54, 1.807) is 30.3 Å². The van der Waals surface area contributed by atoms with Crippen LogP contribution in [0.1, 0.15) is 58.4 Å². The van der Waals surface area contributed by atoms with E-state index in [0.717, 1.165) is 60.5 Å². The van der Waals surface area contributed by atoms with Gasteiger partial charge in [0.2, 0.25) is 0 Å². The van der Waals surface area contributed by atoms with Gasteiger partial charge >= 0.3 is 12.3 Å². The maximum Gasteiger partial charge on any atom is 0.573 e. The molecular weight excluding hydrogens is 589 g/mol. The number of allylic oxidation sites excluding steroid dienone is 1. The number of amides is 1. The Bertz CT molecular complexity index is 1460. The second kappa shape index (κ2) is 11.3. The van der Waals surface area contributed by atoms with Crippen LogP contribution in [0.3, 0.4) is 0 Å². The van der Waals surface area contributed by atoms with Gasteiger partial charge in [0.15, 0.2) is 11.5 Å². The summed E-state index contributed by atoms with van der Waals surface area (Å²) in [6.45, 7) is 7.76. The first-order chi connectivity index (χ1) is 21.2. The van der Waals surface area contributed by atoms with Crippen molar-refractivity contribution in [2.45, 2.75) is 83.2 Å². The number of nitrogens with zero attached hydrogens (tertiary/aromatic N) is 1. The lowest BCUT2D eigenvalue weighted by Gasteiger charge is -2.62. The molecule has 2 heterocycles. The van der Waals surface area contributed by atoms with Crippen LogP contribution in [-0.4, -0.2) is 73.9 Å². The highest BCUT2D eigenvalue weighted by Crippen LogP contribution is 2.68. The summed E-state index contributed by atoms with van der Waals surface area (Å²) in [4.78, 5) is 26.2. The van der Waals surface area contributed by atoms with Crippen LogP contribution in [-0.2, 0) is 28.5 Å². The molecule has 3 aliphatic carbocycles. The molecule has 0 aromatic heterocycles. The van der Waals surface area contributed by atoms with Crippen molar-refractivity contribution in [3.05, 3.63) is 64.6 Å². The van der Waals surface area contributed by atoms with Crippen molar-refractivity contribution >= 4 is 18.0 Å². The molecule has 1 aromatic carbocycles. The van der Waals surface area contributed by atoms with E-state index >= 15 is 0 Å². The van der Waals surface area contributed by atoms with Crippen molar-refractivity contribution in [1.82, 2.24) is 5.32 Å². The van der Waals surface area contributed by atoms with Gasteiger partial charge in [0.25, 0.3) is 5.91 Å². The number of ether oxygens (including phenoxy) is 4. The number of carbonyl (C=O) groups excluding carboxylic acids is 2. The van der Waals surface area contributed by atoms with E-state index in [2.05, 4.69) is 30.9 Å². The highest BCUT2D eigenvalue weighted by molar-refractivity contribution is 5.96. The summed E-state index contributed by atoms with van der Waals surface area (Å²) >= 11 is 0. The minimum Gasteiger partial charge on any atom is -0.427 e. The van der Waals surface area contributed by atoms with E-state index < -0.39 is 35.8 Å². The molecule has 5 aliphatic rings. The van der Waals surface area contributed by atoms with Crippen LogP contribution in [0.5, 0.6) is 0 Å². The average molecular weight is 632 g/mol. The zero-order valence-electron chi connectivity index (χ0n) is 26.4. The van der Waals surface area contributed by atoms with Gasteiger partial charge < -0.3 is 28.7 Å². The molecule has 0 radical (unpaired) electrons. The number of alkyl halides is 3. The third kappa shape index (κ3) is 5.40. The van der Waals surface area contributed by atoms with Gasteiger partial charge in [0, 0.05) is 55.8 Å². The highest BCUT2D eigenvalue weighted by Gasteiger charge is 2.72. The highest BCUT2D eigenvalue weighted by atomic mass is 19.4. The van der Waals surface area contributed by atoms with Gasteiger partial charge in [-0.25, -0.2) is 0 Å². The molecule has 2 bridgehead atoms. The van der Waals surface area contributed by atoms with Gasteiger partial charge in [0.1, 0.15) is 11.9 Å². The molecule has 1 saturated carbocycles. The Morgan fingerprint density at radius 2 is 1.93 bits per heavy atom. The standard InChI is InChI=1S/C34H41F3N2O6/c1-20(2)19-39(4)15-14-32-24-12-9-13-28(32)44-30-29(32)23(17-25(24)39)27(43-21(3)40)18-33(30,42-5)38-31(41)26(45-34(35,36)37)16-22-10-7-6-8-11-22/h6-8,10-11,16,18,20,24-25,28,30H,9,12-15,17,19H2,1-5H3/p+1/t24-,25+,28-,30?,32+,33?,39?/m0/s1. The van der Waals surface area contributed by atoms with Crippen molar-refractivity contribution < 1.29 is 46.2 Å². The van der Waals surface area contributed by atoms with Crippen LogP contribution in [0, 0.1) is 17.3 Å². The molecule has 1 aromatic rings. The Hall–Kier alpha value is -3.15. The first-order valence-electron chi connectivity index (χ1n) is 15.8. The second-order valence-electron chi connectivity index (χ2n) is 13.8. The number of carbonyl (C=O) groups is 2. The molecule has 1 amide bonds. The Kier molecular flexibility index (Phi) is 7.97. The summed E-state index contributed by atoms with van der Waals surface area (Å²) in [6, 6.07) is 8.41. The van der Waals surface area contributed by atoms with Crippen molar-refractivity contribution in [2.24, 2.45) is 17.3 Å². The van der Waals surface area contributed by atoms with Crippen LogP contribution < -0.4 is 5.32 Å². The number of esters is 1. The van der Waals surface area contributed by atoms with Gasteiger partial charge in [-0.1, -0.05) is 50.6 Å². The van der Waals surface area contributed by atoms with E-state index in [9.17, 15) is 22.8 Å². The van der Waals surface area contributed by atoms with Crippen molar-refractivity contribution in [2.75, 3.05) is 27.2 Å². The molecule has 1 spiro atoms. The summed E-state index contributed by atoms with van der Waals surface area (Å²) in [5.74, 6) is -1.58. The molecule has 45 heavy (non-hydrogen) atoms. The molecule has 2 saturated heterocycles. The lowest BCUT2D eigenvalue weighted by molar-refractivity contribution is -0.948. The van der Waals surface area contributed by atoms with E-state index in [-0.39, 0.29) is 23.3 Å². The van der Waals surface area contributed by atoms with E-state index in [1.807, 2.05) is 0 Å². The topological polar surface area (TPSA) is 83.1 Å². The number of benzene rings is 1. The zero-order valence-corrected chi connectivity index (χ0v) is 26.4. The summed E-state index contributed by atoms with van der Waals surface area (Å²) in [6.07, 6.45) is 0.786. The minimum atomic E-state index is -5.12. The van der Waals surface area contributed by atoms with Gasteiger partial charge in [-0.05, 0) is 30.1 Å². The Morgan fingerprint density at radius 3 is 2.58 bits per heavy atom. The molecule has 1 N–H and O–H groups in total. The Balaban J connectivity index is 1.46. The second-order valence-corrected chi connectivity index (χ2v) is 13.8. The predicted octanol–water partition coefficient (Wildman–Crippen LogP) is 5.61. The fourth-order valence-corrected chi connectivity index (χ4v) is 9.23. The molecule has 11 heteroatoms. The molecule has 3 fully saturated rings. The summed E-state index contributed by atoms with van der Waals surface area (Å²) in [5, 5.41) is 2.70. The lowest BCUT2D eigenvalue weighted by atomic mass is 9.49. The fourth-order valence-electron chi connectivity index (χ4n) is 9.23. The fraction of sp³-hybridized carbons (Fsp3) is 0.588. The Morgan fingerprint density at radius 1 is 1.20 bits per heavy atom. The first kappa shape index (κ1) is 31.8. The molecule has 2 aliphatic heterocycles. The van der Waals surface area contributed by atoms with Gasteiger partial charge in [-0.2, -0.15) is 0 Å². The summed E-state index contributed by atoms with van der Waals surface area (Å²) < 4.78 is 64.5. The van der Waals surface area contributed by atoms with Crippen LogP contribution in [0.4, 0.5) is 13.2 Å². The smallest absolute Gasteiger partial charge is 0.427 e. The number of hydrogen-bond donors (Lipinski definition) is 1. The van der Waals surface area contributed by atoms with Crippen molar-refractivity contribution in [3.63, 3.8) is 0 Å². The number of halogens is 3. The average Bonchev–Trinajstić information content (AvgIpc) is 3.30. The number of nitrogens with one attached hydrogen (secondary N) is 1. The first-order valence-corrected chi connectivity index (χ1v) is 15.8. The number of likely N-dealkylation sites (tertiary alicyclic amines) is 1. The maximum atomic E-state index is 13.8. The molecule has 8 nitrogen and oxygen atoms in total. The summed E-state index contributed by atoms with van der Waals surface area (Å²) in [5.41, 5.74) is 0.0753. The largest absolute Gasteiger partial charge is 0.573 e. The van der Waals surface area contributed by atoms with E-state index in [0.29, 0.717) is 23.8 Å². The quantitative estimate of drug-likeness (QED) is 0.132. The molecule has 7 atom stereocenters. The predicted molar refractivity (Wildman–Crippen MR) is 159 cm³/mol. The lowest BCUT2D eigenvalue weighted by Crippen LogP contribution is -2.69.